The van der Waals surface area contributed by atoms with Crippen molar-refractivity contribution in [2.45, 2.75) is 13.3 Å². The van der Waals surface area contributed by atoms with Crippen LogP contribution in [0, 0.1) is 0 Å². The SMILES string of the molecule is CCCN(C)c1cc(Oc2ccccc2Cl)ncn1. The Bertz CT molecular complexity index is 548. The molecule has 0 aliphatic rings. The molecule has 4 nitrogen and oxygen atoms in total. The van der Waals surface area contributed by atoms with E-state index in [4.69, 9.17) is 16.3 Å². The number of rotatable bonds is 5. The first-order chi connectivity index (χ1) is 9.20. The molecule has 0 saturated heterocycles. The zero-order chi connectivity index (χ0) is 13.7. The van der Waals surface area contributed by atoms with Crippen molar-refractivity contribution in [2.75, 3.05) is 18.5 Å². The number of para-hydroxylation sites is 1. The van der Waals surface area contributed by atoms with Crippen LogP contribution in [-0.2, 0) is 0 Å². The lowest BCUT2D eigenvalue weighted by atomic mass is 10.3. The summed E-state index contributed by atoms with van der Waals surface area (Å²) in [6.07, 6.45) is 2.55. The molecule has 0 saturated carbocycles. The summed E-state index contributed by atoms with van der Waals surface area (Å²) in [4.78, 5) is 10.4. The van der Waals surface area contributed by atoms with Crippen molar-refractivity contribution < 1.29 is 4.74 Å². The van der Waals surface area contributed by atoms with Crippen LogP contribution in [0.1, 0.15) is 13.3 Å². The third-order valence-electron chi connectivity index (χ3n) is 2.63. The van der Waals surface area contributed by atoms with Gasteiger partial charge in [-0.05, 0) is 18.6 Å². The van der Waals surface area contributed by atoms with Crippen LogP contribution in [0.5, 0.6) is 11.6 Å². The van der Waals surface area contributed by atoms with Crippen LogP contribution < -0.4 is 9.64 Å². The van der Waals surface area contributed by atoms with Gasteiger partial charge in [0.1, 0.15) is 17.9 Å². The first kappa shape index (κ1) is 13.6. The predicted molar refractivity (Wildman–Crippen MR) is 77.1 cm³/mol. The Balaban J connectivity index is 2.18. The standard InChI is InChI=1S/C14H16ClN3O/c1-3-8-18(2)13-9-14(17-10-16-13)19-12-7-5-4-6-11(12)15/h4-7,9-10H,3,8H2,1-2H3. The lowest BCUT2D eigenvalue weighted by Crippen LogP contribution is -2.19. The number of ether oxygens (including phenoxy) is 1. The van der Waals surface area contributed by atoms with Gasteiger partial charge in [0.15, 0.2) is 0 Å². The molecule has 0 unspecified atom stereocenters. The maximum atomic E-state index is 6.05. The molecule has 0 radical (unpaired) electrons. The molecule has 0 fully saturated rings. The number of hydrogen-bond acceptors (Lipinski definition) is 4. The number of halogens is 1. The third-order valence-corrected chi connectivity index (χ3v) is 2.94. The highest BCUT2D eigenvalue weighted by atomic mass is 35.5. The molecule has 5 heteroatoms. The molecule has 0 aliphatic carbocycles. The van der Waals surface area contributed by atoms with Crippen molar-refractivity contribution in [3.05, 3.63) is 41.7 Å². The van der Waals surface area contributed by atoms with Gasteiger partial charge in [-0.15, -0.1) is 0 Å². The van der Waals surface area contributed by atoms with Gasteiger partial charge in [0.2, 0.25) is 5.88 Å². The van der Waals surface area contributed by atoms with Crippen molar-refractivity contribution in [3.63, 3.8) is 0 Å². The van der Waals surface area contributed by atoms with Gasteiger partial charge in [-0.25, -0.2) is 9.97 Å². The smallest absolute Gasteiger partial charge is 0.224 e. The van der Waals surface area contributed by atoms with E-state index in [0.717, 1.165) is 18.8 Å². The average molecular weight is 278 g/mol. The second-order valence-corrected chi connectivity index (χ2v) is 4.58. The number of anilines is 1. The van der Waals surface area contributed by atoms with E-state index in [1.54, 1.807) is 18.2 Å². The molecule has 0 amide bonds. The monoisotopic (exact) mass is 277 g/mol. The zero-order valence-electron chi connectivity index (χ0n) is 11.0. The zero-order valence-corrected chi connectivity index (χ0v) is 11.8. The highest BCUT2D eigenvalue weighted by molar-refractivity contribution is 6.32. The van der Waals surface area contributed by atoms with E-state index in [2.05, 4.69) is 21.8 Å². The fourth-order valence-corrected chi connectivity index (χ4v) is 1.86. The summed E-state index contributed by atoms with van der Waals surface area (Å²) in [7, 11) is 1.99. The van der Waals surface area contributed by atoms with E-state index in [0.29, 0.717) is 16.7 Å². The van der Waals surface area contributed by atoms with Crippen molar-refractivity contribution in [3.8, 4) is 11.6 Å². The molecule has 2 aromatic rings. The summed E-state index contributed by atoms with van der Waals surface area (Å²) in [6, 6.07) is 9.11. The van der Waals surface area contributed by atoms with Crippen LogP contribution in [0.25, 0.3) is 0 Å². The van der Waals surface area contributed by atoms with Crippen molar-refractivity contribution in [1.29, 1.82) is 0 Å². The van der Waals surface area contributed by atoms with Gasteiger partial charge in [0.25, 0.3) is 0 Å². The van der Waals surface area contributed by atoms with E-state index < -0.39 is 0 Å². The van der Waals surface area contributed by atoms with Gasteiger partial charge < -0.3 is 9.64 Å². The summed E-state index contributed by atoms with van der Waals surface area (Å²) in [6.45, 7) is 3.06. The van der Waals surface area contributed by atoms with Gasteiger partial charge in [-0.1, -0.05) is 30.7 Å². The molecule has 0 atom stereocenters. The number of aromatic nitrogens is 2. The molecule has 1 aromatic heterocycles. The van der Waals surface area contributed by atoms with Gasteiger partial charge in [0, 0.05) is 19.7 Å². The molecule has 19 heavy (non-hydrogen) atoms. The lowest BCUT2D eigenvalue weighted by molar-refractivity contribution is 0.461. The molecule has 0 spiro atoms. The molecular formula is C14H16ClN3O. The highest BCUT2D eigenvalue weighted by Crippen LogP contribution is 2.28. The number of benzene rings is 1. The first-order valence-electron chi connectivity index (χ1n) is 6.16. The minimum absolute atomic E-state index is 0.487. The maximum absolute atomic E-state index is 6.05. The summed E-state index contributed by atoms with van der Waals surface area (Å²) >= 11 is 6.05. The highest BCUT2D eigenvalue weighted by Gasteiger charge is 2.07. The summed E-state index contributed by atoms with van der Waals surface area (Å²) in [5.74, 6) is 1.91. The average Bonchev–Trinajstić information content (AvgIpc) is 2.42. The maximum Gasteiger partial charge on any atom is 0.224 e. The Kier molecular flexibility index (Phi) is 4.58. The van der Waals surface area contributed by atoms with E-state index >= 15 is 0 Å². The van der Waals surface area contributed by atoms with Crippen molar-refractivity contribution in [1.82, 2.24) is 9.97 Å². The molecule has 0 N–H and O–H groups in total. The fraction of sp³-hybridized carbons (Fsp3) is 0.286. The van der Waals surface area contributed by atoms with Crippen LogP contribution in [0.2, 0.25) is 5.02 Å². The van der Waals surface area contributed by atoms with Crippen LogP contribution >= 0.6 is 11.6 Å². The van der Waals surface area contributed by atoms with Crippen molar-refractivity contribution >= 4 is 17.4 Å². The summed E-state index contributed by atoms with van der Waals surface area (Å²) < 4.78 is 5.67. The van der Waals surface area contributed by atoms with Crippen LogP contribution in [0.4, 0.5) is 5.82 Å². The Morgan fingerprint density at radius 2 is 2.05 bits per heavy atom. The lowest BCUT2D eigenvalue weighted by Gasteiger charge is -2.17. The minimum Gasteiger partial charge on any atom is -0.437 e. The second-order valence-electron chi connectivity index (χ2n) is 4.17. The Hall–Kier alpha value is -1.81. The van der Waals surface area contributed by atoms with Gasteiger partial charge in [0.05, 0.1) is 5.02 Å². The summed E-state index contributed by atoms with van der Waals surface area (Å²) in [5.41, 5.74) is 0. The molecule has 1 aromatic carbocycles. The summed E-state index contributed by atoms with van der Waals surface area (Å²) in [5, 5.41) is 0.560. The van der Waals surface area contributed by atoms with E-state index in [9.17, 15) is 0 Å². The van der Waals surface area contributed by atoms with Gasteiger partial charge >= 0.3 is 0 Å². The molecule has 100 valence electrons. The number of hydrogen-bond donors (Lipinski definition) is 0. The van der Waals surface area contributed by atoms with Crippen LogP contribution in [-0.4, -0.2) is 23.6 Å². The van der Waals surface area contributed by atoms with E-state index in [1.165, 1.54) is 6.33 Å². The van der Waals surface area contributed by atoms with Crippen LogP contribution in [0.15, 0.2) is 36.7 Å². The van der Waals surface area contributed by atoms with Gasteiger partial charge in [-0.3, -0.25) is 0 Å². The second kappa shape index (κ2) is 6.38. The van der Waals surface area contributed by atoms with E-state index in [1.807, 2.05) is 19.2 Å². The largest absolute Gasteiger partial charge is 0.437 e. The Morgan fingerprint density at radius 1 is 1.26 bits per heavy atom. The molecule has 0 bridgehead atoms. The quantitative estimate of drug-likeness (QED) is 0.834. The number of nitrogens with zero attached hydrogens (tertiary/aromatic N) is 3. The minimum atomic E-state index is 0.487. The fourth-order valence-electron chi connectivity index (χ4n) is 1.68. The third kappa shape index (κ3) is 3.58. The van der Waals surface area contributed by atoms with Crippen molar-refractivity contribution in [2.24, 2.45) is 0 Å². The van der Waals surface area contributed by atoms with Gasteiger partial charge in [-0.2, -0.15) is 0 Å². The Labute approximate surface area is 118 Å². The molecule has 2 rings (SSSR count). The Morgan fingerprint density at radius 3 is 2.79 bits per heavy atom. The molecular weight excluding hydrogens is 262 g/mol. The topological polar surface area (TPSA) is 38.2 Å². The first-order valence-corrected chi connectivity index (χ1v) is 6.54. The normalized spacial score (nSPS) is 10.3. The molecule has 1 heterocycles. The van der Waals surface area contributed by atoms with Crippen LogP contribution in [0.3, 0.4) is 0 Å². The predicted octanol–water partition coefficient (Wildman–Crippen LogP) is 3.77. The van der Waals surface area contributed by atoms with E-state index in [-0.39, 0.29) is 0 Å². The molecule has 0 aliphatic heterocycles.